The van der Waals surface area contributed by atoms with Gasteiger partial charge in [0, 0.05) is 23.4 Å². The zero-order valence-electron chi connectivity index (χ0n) is 16.7. The number of amides is 2. The van der Waals surface area contributed by atoms with E-state index in [9.17, 15) is 9.59 Å². The molecule has 3 aromatic rings. The van der Waals surface area contributed by atoms with Crippen LogP contribution in [0.4, 0.5) is 11.4 Å². The molecule has 0 radical (unpaired) electrons. The highest BCUT2D eigenvalue weighted by atomic mass is 16.2. The number of aryl methyl sites for hydroxylation is 3. The van der Waals surface area contributed by atoms with Crippen LogP contribution < -0.4 is 10.2 Å². The second-order valence-corrected chi connectivity index (χ2v) is 7.56. The molecule has 0 unspecified atom stereocenters. The summed E-state index contributed by atoms with van der Waals surface area (Å²) in [4.78, 5) is 27.0. The van der Waals surface area contributed by atoms with Crippen molar-refractivity contribution in [3.8, 4) is 0 Å². The number of anilines is 2. The van der Waals surface area contributed by atoms with Crippen molar-refractivity contribution in [3.63, 3.8) is 0 Å². The maximum atomic E-state index is 12.6. The van der Waals surface area contributed by atoms with E-state index in [-0.39, 0.29) is 11.8 Å². The third-order valence-electron chi connectivity index (χ3n) is 5.49. The van der Waals surface area contributed by atoms with Gasteiger partial charge >= 0.3 is 0 Å². The molecule has 146 valence electrons. The first-order chi connectivity index (χ1) is 14.0. The quantitative estimate of drug-likeness (QED) is 0.685. The molecule has 0 spiro atoms. The lowest BCUT2D eigenvalue weighted by molar-refractivity contribution is -0.119. The summed E-state index contributed by atoms with van der Waals surface area (Å²) in [6.45, 7) is 4.59. The summed E-state index contributed by atoms with van der Waals surface area (Å²) in [5.74, 6) is 0.00865. The lowest BCUT2D eigenvalue weighted by Crippen LogP contribution is -2.34. The molecule has 3 aromatic carbocycles. The Balaban J connectivity index is 1.55. The predicted molar refractivity (Wildman–Crippen MR) is 116 cm³/mol. The Morgan fingerprint density at radius 2 is 1.72 bits per heavy atom. The molecule has 2 amide bonds. The maximum Gasteiger partial charge on any atom is 0.255 e. The Labute approximate surface area is 171 Å². The number of nitrogens with one attached hydrogen (secondary N) is 1. The predicted octanol–water partition coefficient (Wildman–Crippen LogP) is 5.04. The van der Waals surface area contributed by atoms with E-state index in [0.717, 1.165) is 28.1 Å². The summed E-state index contributed by atoms with van der Waals surface area (Å²) in [6, 6.07) is 21.5. The molecule has 0 saturated carbocycles. The molecule has 29 heavy (non-hydrogen) atoms. The smallest absolute Gasteiger partial charge is 0.255 e. The van der Waals surface area contributed by atoms with Crippen molar-refractivity contribution >= 4 is 23.2 Å². The number of hydrogen-bond acceptors (Lipinski definition) is 2. The van der Waals surface area contributed by atoms with E-state index in [1.807, 2.05) is 85.5 Å². The van der Waals surface area contributed by atoms with Crippen LogP contribution in [0.5, 0.6) is 0 Å². The van der Waals surface area contributed by atoms with E-state index in [1.54, 1.807) is 0 Å². The molecule has 4 nitrogen and oxygen atoms in total. The van der Waals surface area contributed by atoms with Crippen LogP contribution in [0.25, 0.3) is 0 Å². The molecule has 0 atom stereocenters. The first kappa shape index (κ1) is 18.9. The SMILES string of the molecule is Cc1ccc(C(=O)Nc2ccc3c(c2)CCC(=O)N3Cc2ccccc2)cc1C. The van der Waals surface area contributed by atoms with Gasteiger partial charge in [0.1, 0.15) is 0 Å². The molecule has 0 aromatic heterocycles. The minimum absolute atomic E-state index is 0.124. The molecule has 0 aliphatic carbocycles. The van der Waals surface area contributed by atoms with Gasteiger partial charge in [-0.05, 0) is 72.9 Å². The summed E-state index contributed by atoms with van der Waals surface area (Å²) >= 11 is 0. The maximum absolute atomic E-state index is 12.6. The van der Waals surface area contributed by atoms with Crippen LogP contribution in [-0.2, 0) is 17.8 Å². The third kappa shape index (κ3) is 4.06. The van der Waals surface area contributed by atoms with Gasteiger partial charge in [-0.15, -0.1) is 0 Å². The Kier molecular flexibility index (Phi) is 5.17. The minimum atomic E-state index is -0.124. The van der Waals surface area contributed by atoms with Gasteiger partial charge in [-0.3, -0.25) is 9.59 Å². The van der Waals surface area contributed by atoms with E-state index in [1.165, 1.54) is 5.56 Å². The van der Waals surface area contributed by atoms with Gasteiger partial charge in [0.15, 0.2) is 0 Å². The summed E-state index contributed by atoms with van der Waals surface area (Å²) in [7, 11) is 0. The van der Waals surface area contributed by atoms with Gasteiger partial charge in [0.2, 0.25) is 5.91 Å². The lowest BCUT2D eigenvalue weighted by atomic mass is 9.99. The topological polar surface area (TPSA) is 49.4 Å². The number of benzene rings is 3. The number of rotatable bonds is 4. The van der Waals surface area contributed by atoms with E-state index in [0.29, 0.717) is 24.9 Å². The van der Waals surface area contributed by atoms with Crippen molar-refractivity contribution in [3.05, 3.63) is 94.5 Å². The monoisotopic (exact) mass is 384 g/mol. The number of hydrogen-bond donors (Lipinski definition) is 1. The second-order valence-electron chi connectivity index (χ2n) is 7.56. The largest absolute Gasteiger partial charge is 0.322 e. The molecule has 0 saturated heterocycles. The van der Waals surface area contributed by atoms with Gasteiger partial charge < -0.3 is 10.2 Å². The highest BCUT2D eigenvalue weighted by Gasteiger charge is 2.24. The van der Waals surface area contributed by atoms with E-state index in [4.69, 9.17) is 0 Å². The molecule has 1 N–H and O–H groups in total. The van der Waals surface area contributed by atoms with Crippen LogP contribution >= 0.6 is 0 Å². The van der Waals surface area contributed by atoms with E-state index < -0.39 is 0 Å². The van der Waals surface area contributed by atoms with E-state index in [2.05, 4.69) is 5.32 Å². The zero-order valence-corrected chi connectivity index (χ0v) is 16.7. The van der Waals surface area contributed by atoms with Crippen molar-refractivity contribution in [1.29, 1.82) is 0 Å². The van der Waals surface area contributed by atoms with Crippen LogP contribution in [0.2, 0.25) is 0 Å². The first-order valence-electron chi connectivity index (χ1n) is 9.87. The second kappa shape index (κ2) is 7.92. The fraction of sp³-hybridized carbons (Fsp3) is 0.200. The Morgan fingerprint density at radius 3 is 2.48 bits per heavy atom. The van der Waals surface area contributed by atoms with Crippen LogP contribution in [0.15, 0.2) is 66.7 Å². The van der Waals surface area contributed by atoms with Crippen molar-refractivity contribution in [1.82, 2.24) is 0 Å². The molecule has 0 bridgehead atoms. The van der Waals surface area contributed by atoms with Gasteiger partial charge in [-0.2, -0.15) is 0 Å². The van der Waals surface area contributed by atoms with Gasteiger partial charge in [-0.25, -0.2) is 0 Å². The molecular weight excluding hydrogens is 360 g/mol. The number of fused-ring (bicyclic) bond motifs is 1. The van der Waals surface area contributed by atoms with Gasteiger partial charge in [0.05, 0.1) is 6.54 Å². The third-order valence-corrected chi connectivity index (χ3v) is 5.49. The van der Waals surface area contributed by atoms with Crippen LogP contribution in [0, 0.1) is 13.8 Å². The summed E-state index contributed by atoms with van der Waals surface area (Å²) in [5.41, 5.74) is 6.76. The number of carbonyl (C=O) groups is 2. The molecule has 0 fully saturated rings. The summed E-state index contributed by atoms with van der Waals surface area (Å²) in [5, 5.41) is 2.99. The standard InChI is InChI=1S/C25H24N2O2/c1-17-8-9-21(14-18(17)2)25(29)26-22-11-12-23-20(15-22)10-13-24(28)27(23)16-19-6-4-3-5-7-19/h3-9,11-12,14-15H,10,13,16H2,1-2H3,(H,26,29). The molecule has 1 heterocycles. The summed E-state index contributed by atoms with van der Waals surface area (Å²) in [6.07, 6.45) is 1.17. The Morgan fingerprint density at radius 1 is 0.931 bits per heavy atom. The average molecular weight is 384 g/mol. The summed E-state index contributed by atoms with van der Waals surface area (Å²) < 4.78 is 0. The molecule has 4 heteroatoms. The fourth-order valence-corrected chi connectivity index (χ4v) is 3.66. The molecule has 1 aliphatic heterocycles. The Hall–Kier alpha value is -3.40. The molecule has 1 aliphatic rings. The minimum Gasteiger partial charge on any atom is -0.322 e. The molecular formula is C25H24N2O2. The van der Waals surface area contributed by atoms with Crippen LogP contribution in [0.3, 0.4) is 0 Å². The Bertz CT molecular complexity index is 1070. The average Bonchev–Trinajstić information content (AvgIpc) is 2.73. The normalized spacial score (nSPS) is 13.2. The highest BCUT2D eigenvalue weighted by molar-refractivity contribution is 6.05. The van der Waals surface area contributed by atoms with Crippen molar-refractivity contribution in [2.24, 2.45) is 0 Å². The highest BCUT2D eigenvalue weighted by Crippen LogP contribution is 2.31. The number of carbonyl (C=O) groups excluding carboxylic acids is 2. The number of nitrogens with zero attached hydrogens (tertiary/aromatic N) is 1. The zero-order chi connectivity index (χ0) is 20.4. The lowest BCUT2D eigenvalue weighted by Gasteiger charge is -2.30. The van der Waals surface area contributed by atoms with Gasteiger partial charge in [-0.1, -0.05) is 36.4 Å². The van der Waals surface area contributed by atoms with Crippen LogP contribution in [0.1, 0.15) is 39.0 Å². The van der Waals surface area contributed by atoms with Crippen molar-refractivity contribution in [2.45, 2.75) is 33.2 Å². The fourth-order valence-electron chi connectivity index (χ4n) is 3.66. The van der Waals surface area contributed by atoms with Crippen molar-refractivity contribution in [2.75, 3.05) is 10.2 Å². The molecule has 4 rings (SSSR count). The van der Waals surface area contributed by atoms with Gasteiger partial charge in [0.25, 0.3) is 5.91 Å². The van der Waals surface area contributed by atoms with E-state index >= 15 is 0 Å². The first-order valence-corrected chi connectivity index (χ1v) is 9.87. The van der Waals surface area contributed by atoms with Crippen LogP contribution in [-0.4, -0.2) is 11.8 Å². The van der Waals surface area contributed by atoms with Crippen molar-refractivity contribution < 1.29 is 9.59 Å².